The number of morpholine rings is 1. The number of cyclic esters (lactones) is 2. The number of nitrogen functional groups attached to an aromatic ring is 1. The van der Waals surface area contributed by atoms with Gasteiger partial charge in [-0.05, 0) is 6.92 Å². The number of esters is 1. The lowest BCUT2D eigenvalue weighted by Crippen LogP contribution is -2.50. The van der Waals surface area contributed by atoms with Crippen LogP contribution >= 0.6 is 0 Å². The van der Waals surface area contributed by atoms with Crippen molar-refractivity contribution in [1.29, 1.82) is 0 Å². The summed E-state index contributed by atoms with van der Waals surface area (Å²) < 4.78 is 51.0. The molecule has 176 valence electrons. The van der Waals surface area contributed by atoms with Gasteiger partial charge in [-0.1, -0.05) is 0 Å². The van der Waals surface area contributed by atoms with E-state index in [9.17, 15) is 27.9 Å². The Balaban J connectivity index is 1.93. The quantitative estimate of drug-likeness (QED) is 0.477. The third kappa shape index (κ3) is 4.00. The van der Waals surface area contributed by atoms with Crippen molar-refractivity contribution in [2.24, 2.45) is 0 Å². The first-order valence-corrected chi connectivity index (χ1v) is 9.64. The Labute approximate surface area is 184 Å². The van der Waals surface area contributed by atoms with Crippen LogP contribution in [0.15, 0.2) is 12.3 Å². The number of hydrogen-bond donors (Lipinski definition) is 2. The lowest BCUT2D eigenvalue weighted by Gasteiger charge is -2.30. The predicted molar refractivity (Wildman–Crippen MR) is 105 cm³/mol. The molecule has 0 bridgehead atoms. The molecule has 15 heteroatoms. The summed E-state index contributed by atoms with van der Waals surface area (Å²) in [5, 5.41) is 9.78. The topological polar surface area (TPSA) is 157 Å². The smallest absolute Gasteiger partial charge is 0.393 e. The van der Waals surface area contributed by atoms with Gasteiger partial charge in [0, 0.05) is 30.9 Å². The number of amides is 1. The number of carbonyl (C=O) groups excluding carboxylic acids is 2. The van der Waals surface area contributed by atoms with Crippen molar-refractivity contribution in [2.45, 2.75) is 18.6 Å². The minimum absolute atomic E-state index is 0.0248. The molecule has 0 radical (unpaired) electrons. The summed E-state index contributed by atoms with van der Waals surface area (Å²) >= 11 is 0. The molecule has 2 aromatic rings. The minimum atomic E-state index is -4.89. The normalized spacial score (nSPS) is 21.5. The molecule has 2 aliphatic heterocycles. The first kappa shape index (κ1) is 22.6. The molecule has 0 spiro atoms. The van der Waals surface area contributed by atoms with Crippen LogP contribution in [0.25, 0.3) is 11.3 Å². The Kier molecular flexibility index (Phi) is 5.53. The van der Waals surface area contributed by atoms with Gasteiger partial charge in [0.2, 0.25) is 11.9 Å². The van der Waals surface area contributed by atoms with E-state index in [2.05, 4.69) is 24.7 Å². The van der Waals surface area contributed by atoms with Gasteiger partial charge in [0.25, 0.3) is 0 Å². The van der Waals surface area contributed by atoms with Crippen LogP contribution in [0.1, 0.15) is 12.6 Å². The molecule has 12 nitrogen and oxygen atoms in total. The van der Waals surface area contributed by atoms with Crippen LogP contribution in [0.3, 0.4) is 0 Å². The minimum Gasteiger partial charge on any atom is -0.393 e. The molecule has 2 saturated heterocycles. The molecule has 2 aliphatic rings. The number of rotatable bonds is 4. The van der Waals surface area contributed by atoms with Gasteiger partial charge >= 0.3 is 18.2 Å². The highest BCUT2D eigenvalue weighted by Gasteiger charge is 2.53. The molecule has 4 heterocycles. The molecule has 1 amide bonds. The average Bonchev–Trinajstić information content (AvgIpc) is 3.01. The van der Waals surface area contributed by atoms with Crippen LogP contribution in [-0.2, 0) is 20.4 Å². The standard InChI is InChI=1S/C18H18F3N7O5/c1-17(8-29)13(30)33-16(31)28(17)11-6-10(24-15(25-11)27-2-4-32-5-3-27)9-7-23-14(22)26-12(9)18(19,20)21/h6-7,29H,2-5,8H2,1H3,(H2,22,23,26). The van der Waals surface area contributed by atoms with Crippen molar-refractivity contribution in [3.8, 4) is 11.3 Å². The number of aliphatic hydroxyl groups is 1. The van der Waals surface area contributed by atoms with Crippen molar-refractivity contribution in [3.63, 3.8) is 0 Å². The van der Waals surface area contributed by atoms with E-state index in [4.69, 9.17) is 10.5 Å². The van der Waals surface area contributed by atoms with Crippen molar-refractivity contribution >= 4 is 29.8 Å². The molecule has 1 atom stereocenters. The van der Waals surface area contributed by atoms with E-state index < -0.39 is 47.6 Å². The van der Waals surface area contributed by atoms with E-state index >= 15 is 0 Å². The van der Waals surface area contributed by atoms with E-state index in [0.717, 1.165) is 17.2 Å². The van der Waals surface area contributed by atoms with Gasteiger partial charge in [-0.25, -0.2) is 29.4 Å². The Hall–Kier alpha value is -3.59. The third-order valence-electron chi connectivity index (χ3n) is 5.18. The molecule has 0 aromatic carbocycles. The van der Waals surface area contributed by atoms with Crippen molar-refractivity contribution < 1.29 is 37.3 Å². The molecule has 1 unspecified atom stereocenters. The Morgan fingerprint density at radius 1 is 1.21 bits per heavy atom. The van der Waals surface area contributed by atoms with Crippen LogP contribution in [0.5, 0.6) is 0 Å². The van der Waals surface area contributed by atoms with E-state index in [0.29, 0.717) is 26.3 Å². The molecule has 3 N–H and O–H groups in total. The summed E-state index contributed by atoms with van der Waals surface area (Å²) in [4.78, 5) is 42.5. The maximum Gasteiger partial charge on any atom is 0.434 e. The Morgan fingerprint density at radius 3 is 2.55 bits per heavy atom. The highest BCUT2D eigenvalue weighted by atomic mass is 19.4. The lowest BCUT2D eigenvalue weighted by molar-refractivity contribution is -0.141. The highest BCUT2D eigenvalue weighted by Crippen LogP contribution is 2.38. The van der Waals surface area contributed by atoms with Gasteiger partial charge in [-0.15, -0.1) is 0 Å². The lowest BCUT2D eigenvalue weighted by atomic mass is 10.0. The van der Waals surface area contributed by atoms with E-state index in [1.54, 1.807) is 4.90 Å². The SMILES string of the molecule is CC1(CO)C(=O)OC(=O)N1c1cc(-c2cnc(N)nc2C(F)(F)F)nc(N2CCOCC2)n1. The fourth-order valence-corrected chi connectivity index (χ4v) is 3.39. The van der Waals surface area contributed by atoms with Crippen LogP contribution in [-0.4, -0.2) is 75.6 Å². The van der Waals surface area contributed by atoms with Crippen LogP contribution in [0, 0.1) is 0 Å². The summed E-state index contributed by atoms with van der Waals surface area (Å²) in [5.74, 6) is -1.90. The van der Waals surface area contributed by atoms with Gasteiger partial charge in [0.05, 0.1) is 25.5 Å². The number of halogens is 3. The second-order valence-corrected chi connectivity index (χ2v) is 7.42. The molecular weight excluding hydrogens is 451 g/mol. The maximum atomic E-state index is 13.7. The van der Waals surface area contributed by atoms with Gasteiger partial charge in [0.15, 0.2) is 11.2 Å². The zero-order valence-corrected chi connectivity index (χ0v) is 17.2. The molecule has 2 fully saturated rings. The largest absolute Gasteiger partial charge is 0.434 e. The summed E-state index contributed by atoms with van der Waals surface area (Å²) in [6.07, 6.45) is -5.17. The third-order valence-corrected chi connectivity index (χ3v) is 5.18. The Morgan fingerprint density at radius 2 is 1.91 bits per heavy atom. The second kappa shape index (κ2) is 8.08. The fourth-order valence-electron chi connectivity index (χ4n) is 3.39. The monoisotopic (exact) mass is 469 g/mol. The first-order valence-electron chi connectivity index (χ1n) is 9.64. The molecule has 0 aliphatic carbocycles. The number of carbonyl (C=O) groups is 2. The number of nitrogens with zero attached hydrogens (tertiary/aromatic N) is 6. The van der Waals surface area contributed by atoms with E-state index in [1.807, 2.05) is 0 Å². The molecule has 33 heavy (non-hydrogen) atoms. The van der Waals surface area contributed by atoms with E-state index in [1.165, 1.54) is 6.92 Å². The van der Waals surface area contributed by atoms with Gasteiger partial charge in [0.1, 0.15) is 5.82 Å². The number of nitrogens with two attached hydrogens (primary N) is 1. The summed E-state index contributed by atoms with van der Waals surface area (Å²) in [7, 11) is 0. The second-order valence-electron chi connectivity index (χ2n) is 7.42. The van der Waals surface area contributed by atoms with Crippen molar-refractivity contribution in [1.82, 2.24) is 19.9 Å². The fraction of sp³-hybridized carbons (Fsp3) is 0.444. The van der Waals surface area contributed by atoms with Crippen LogP contribution in [0.2, 0.25) is 0 Å². The Bertz CT molecular complexity index is 1110. The number of aliphatic hydroxyl groups excluding tert-OH is 1. The van der Waals surface area contributed by atoms with E-state index in [-0.39, 0.29) is 17.5 Å². The number of aromatic nitrogens is 4. The van der Waals surface area contributed by atoms with Crippen LogP contribution < -0.4 is 15.5 Å². The number of alkyl halides is 3. The maximum absolute atomic E-state index is 13.7. The van der Waals surface area contributed by atoms with Gasteiger partial charge < -0.3 is 25.2 Å². The van der Waals surface area contributed by atoms with Crippen molar-refractivity contribution in [2.75, 3.05) is 48.4 Å². The molecule has 2 aromatic heterocycles. The van der Waals surface area contributed by atoms with Crippen LogP contribution in [0.4, 0.5) is 35.7 Å². The molecule has 4 rings (SSSR count). The first-order chi connectivity index (χ1) is 15.5. The highest BCUT2D eigenvalue weighted by molar-refractivity contribution is 6.09. The average molecular weight is 469 g/mol. The molecular formula is C18H18F3N7O5. The van der Waals surface area contributed by atoms with Gasteiger partial charge in [-0.3, -0.25) is 0 Å². The summed E-state index contributed by atoms with van der Waals surface area (Å²) in [6, 6.07) is 1.06. The predicted octanol–water partition coefficient (Wildman–Crippen LogP) is 0.605. The zero-order valence-electron chi connectivity index (χ0n) is 17.2. The number of hydrogen-bond acceptors (Lipinski definition) is 11. The van der Waals surface area contributed by atoms with Crippen molar-refractivity contribution in [3.05, 3.63) is 18.0 Å². The number of anilines is 3. The zero-order chi connectivity index (χ0) is 24.0. The van der Waals surface area contributed by atoms with Gasteiger partial charge in [-0.2, -0.15) is 18.2 Å². The summed E-state index contributed by atoms with van der Waals surface area (Å²) in [6.45, 7) is 1.72. The number of ether oxygens (including phenoxy) is 2. The molecule has 0 saturated carbocycles. The summed E-state index contributed by atoms with van der Waals surface area (Å²) in [5.41, 5.74) is 1.39.